The first-order chi connectivity index (χ1) is 10.4. The third-order valence-corrected chi connectivity index (χ3v) is 3.01. The number of hydrogen-bond acceptors (Lipinski definition) is 7. The molecule has 0 saturated carbocycles. The summed E-state index contributed by atoms with van der Waals surface area (Å²) >= 11 is 0. The fourth-order valence-electron chi connectivity index (χ4n) is 1.68. The predicted octanol–water partition coefficient (Wildman–Crippen LogP) is 1.53. The van der Waals surface area contributed by atoms with Crippen molar-refractivity contribution >= 4 is 17.3 Å². The molecule has 0 aliphatic heterocycles. The second-order valence-corrected chi connectivity index (χ2v) is 4.66. The molecule has 0 fully saturated rings. The van der Waals surface area contributed by atoms with Crippen LogP contribution in [-0.2, 0) is 0 Å². The largest absolute Gasteiger partial charge is 0.288 e. The lowest BCUT2D eigenvalue weighted by molar-refractivity contribution is -0.385. The van der Waals surface area contributed by atoms with Crippen molar-refractivity contribution in [3.8, 4) is 0 Å². The normalized spacial score (nSPS) is 11.3. The van der Waals surface area contributed by atoms with Crippen LogP contribution < -0.4 is 11.0 Å². The minimum absolute atomic E-state index is 0.0237. The van der Waals surface area contributed by atoms with Crippen LogP contribution in [0.4, 0.5) is 11.6 Å². The second-order valence-electron chi connectivity index (χ2n) is 4.66. The van der Waals surface area contributed by atoms with Crippen LogP contribution in [-0.4, -0.2) is 25.8 Å². The fraction of sp³-hybridized carbons (Fsp3) is 0.231. The molecule has 0 unspecified atom stereocenters. The van der Waals surface area contributed by atoms with E-state index in [0.29, 0.717) is 16.8 Å². The van der Waals surface area contributed by atoms with E-state index in [1.807, 2.05) is 0 Å². The maximum absolute atomic E-state index is 11.4. The van der Waals surface area contributed by atoms with E-state index in [1.165, 1.54) is 13.0 Å². The average molecular weight is 302 g/mol. The summed E-state index contributed by atoms with van der Waals surface area (Å²) in [5.74, 6) is 0.0940. The van der Waals surface area contributed by atoms with Crippen molar-refractivity contribution in [3.63, 3.8) is 0 Å². The summed E-state index contributed by atoms with van der Waals surface area (Å²) in [5.41, 5.74) is 4.14. The Bertz CT molecular complexity index is 812. The molecule has 2 aromatic rings. The Balaban J connectivity index is 2.25. The first-order valence-electron chi connectivity index (χ1n) is 6.38. The zero-order chi connectivity index (χ0) is 16.3. The number of anilines is 1. The Hall–Kier alpha value is -3.10. The molecule has 0 atom stereocenters. The standard InChI is InChI=1S/C13H14N6O3/c1-7-4-5-10(6-11(7)19(21)22)8(2)15-17-13-14-12(20)9(3)16-18-13/h4-6H,1-3H3,(H2,14,17,18,20). The number of nitrogens with one attached hydrogen (secondary N) is 2. The number of nitro benzene ring substituents is 1. The third-order valence-electron chi connectivity index (χ3n) is 3.01. The van der Waals surface area contributed by atoms with Crippen molar-refractivity contribution in [3.05, 3.63) is 55.5 Å². The van der Waals surface area contributed by atoms with Crippen molar-refractivity contribution in [1.82, 2.24) is 15.2 Å². The van der Waals surface area contributed by atoms with Gasteiger partial charge in [-0.15, -0.1) is 10.2 Å². The van der Waals surface area contributed by atoms with Crippen molar-refractivity contribution < 1.29 is 4.92 Å². The molecule has 0 aliphatic rings. The minimum Gasteiger partial charge on any atom is -0.288 e. The molecule has 0 aliphatic carbocycles. The maximum atomic E-state index is 11.4. The van der Waals surface area contributed by atoms with Gasteiger partial charge in [-0.2, -0.15) is 5.10 Å². The first-order valence-corrected chi connectivity index (χ1v) is 6.38. The molecule has 114 valence electrons. The van der Waals surface area contributed by atoms with E-state index in [4.69, 9.17) is 0 Å². The fourth-order valence-corrected chi connectivity index (χ4v) is 1.68. The van der Waals surface area contributed by atoms with Gasteiger partial charge in [-0.05, 0) is 20.8 Å². The Morgan fingerprint density at radius 2 is 2.09 bits per heavy atom. The molecule has 1 aromatic carbocycles. The maximum Gasteiger partial charge on any atom is 0.274 e. The number of hydrogen-bond donors (Lipinski definition) is 2. The molecule has 9 heteroatoms. The van der Waals surface area contributed by atoms with Gasteiger partial charge in [-0.1, -0.05) is 12.1 Å². The number of aromatic amines is 1. The molecule has 0 radical (unpaired) electrons. The first kappa shape index (κ1) is 15.3. The summed E-state index contributed by atoms with van der Waals surface area (Å²) in [6, 6.07) is 4.83. The molecule has 2 rings (SSSR count). The van der Waals surface area contributed by atoms with E-state index >= 15 is 0 Å². The van der Waals surface area contributed by atoms with E-state index in [1.54, 1.807) is 26.0 Å². The lowest BCUT2D eigenvalue weighted by Gasteiger charge is -2.04. The average Bonchev–Trinajstić information content (AvgIpc) is 2.48. The zero-order valence-corrected chi connectivity index (χ0v) is 12.2. The molecule has 0 bridgehead atoms. The quantitative estimate of drug-likeness (QED) is 0.501. The topological polar surface area (TPSA) is 126 Å². The number of hydrazone groups is 1. The van der Waals surface area contributed by atoms with Gasteiger partial charge in [-0.25, -0.2) is 5.43 Å². The molecule has 1 aromatic heterocycles. The lowest BCUT2D eigenvalue weighted by Crippen LogP contribution is -2.16. The Morgan fingerprint density at radius 3 is 2.73 bits per heavy atom. The SMILES string of the molecule is CC(=NNc1nnc(C)c(=O)[nH]1)c1ccc(C)c([N+](=O)[O-])c1. The third kappa shape index (κ3) is 3.32. The summed E-state index contributed by atoms with van der Waals surface area (Å²) in [6.07, 6.45) is 0. The van der Waals surface area contributed by atoms with E-state index in [9.17, 15) is 14.9 Å². The summed E-state index contributed by atoms with van der Waals surface area (Å²) in [4.78, 5) is 24.4. The van der Waals surface area contributed by atoms with Gasteiger partial charge in [0.25, 0.3) is 11.2 Å². The van der Waals surface area contributed by atoms with Gasteiger partial charge in [0.15, 0.2) is 0 Å². The highest BCUT2D eigenvalue weighted by Crippen LogP contribution is 2.19. The summed E-state index contributed by atoms with van der Waals surface area (Å²) in [5, 5.41) is 22.4. The number of aryl methyl sites for hydroxylation is 2. The predicted molar refractivity (Wildman–Crippen MR) is 81.1 cm³/mol. The van der Waals surface area contributed by atoms with Gasteiger partial charge in [-0.3, -0.25) is 19.9 Å². The number of H-pyrrole nitrogens is 1. The van der Waals surface area contributed by atoms with Crippen molar-refractivity contribution in [2.75, 3.05) is 5.43 Å². The van der Waals surface area contributed by atoms with Crippen LogP contribution in [0.2, 0.25) is 0 Å². The van der Waals surface area contributed by atoms with E-state index in [2.05, 4.69) is 25.7 Å². The van der Waals surface area contributed by atoms with Crippen LogP contribution >= 0.6 is 0 Å². The van der Waals surface area contributed by atoms with Crippen molar-refractivity contribution in [1.29, 1.82) is 0 Å². The van der Waals surface area contributed by atoms with Gasteiger partial charge in [0.05, 0.1) is 10.6 Å². The molecule has 0 spiro atoms. The van der Waals surface area contributed by atoms with Crippen LogP contribution in [0.1, 0.15) is 23.7 Å². The number of benzene rings is 1. The highest BCUT2D eigenvalue weighted by molar-refractivity contribution is 5.99. The molecular weight excluding hydrogens is 288 g/mol. The van der Waals surface area contributed by atoms with E-state index < -0.39 is 4.92 Å². The molecular formula is C13H14N6O3. The Kier molecular flexibility index (Phi) is 4.25. The monoisotopic (exact) mass is 302 g/mol. The second kappa shape index (κ2) is 6.12. The lowest BCUT2D eigenvalue weighted by atomic mass is 10.1. The highest BCUT2D eigenvalue weighted by Gasteiger charge is 2.12. The van der Waals surface area contributed by atoms with Gasteiger partial charge in [0.1, 0.15) is 5.69 Å². The molecule has 2 N–H and O–H groups in total. The van der Waals surface area contributed by atoms with Crippen molar-refractivity contribution in [2.45, 2.75) is 20.8 Å². The minimum atomic E-state index is -0.442. The Labute approximate surface area is 125 Å². The summed E-state index contributed by atoms with van der Waals surface area (Å²) < 4.78 is 0. The Morgan fingerprint density at radius 1 is 1.36 bits per heavy atom. The number of aromatic nitrogens is 3. The van der Waals surface area contributed by atoms with Crippen LogP contribution in [0.5, 0.6) is 0 Å². The number of nitrogens with zero attached hydrogens (tertiary/aromatic N) is 4. The number of rotatable bonds is 4. The van der Waals surface area contributed by atoms with Gasteiger partial charge in [0.2, 0.25) is 5.95 Å². The summed E-state index contributed by atoms with van der Waals surface area (Å²) in [6.45, 7) is 4.88. The van der Waals surface area contributed by atoms with Crippen LogP contribution in [0, 0.1) is 24.0 Å². The summed E-state index contributed by atoms with van der Waals surface area (Å²) in [7, 11) is 0. The van der Waals surface area contributed by atoms with Crippen LogP contribution in [0.3, 0.4) is 0 Å². The molecule has 0 saturated heterocycles. The highest BCUT2D eigenvalue weighted by atomic mass is 16.6. The molecule has 1 heterocycles. The van der Waals surface area contributed by atoms with Gasteiger partial charge >= 0.3 is 0 Å². The van der Waals surface area contributed by atoms with E-state index in [0.717, 1.165) is 0 Å². The molecule has 0 amide bonds. The molecule has 9 nitrogen and oxygen atoms in total. The van der Waals surface area contributed by atoms with Crippen molar-refractivity contribution in [2.24, 2.45) is 5.10 Å². The van der Waals surface area contributed by atoms with E-state index in [-0.39, 0.29) is 22.9 Å². The van der Waals surface area contributed by atoms with Crippen LogP contribution in [0.15, 0.2) is 28.1 Å². The zero-order valence-electron chi connectivity index (χ0n) is 12.2. The number of nitro groups is 1. The van der Waals surface area contributed by atoms with Gasteiger partial charge < -0.3 is 0 Å². The molecule has 22 heavy (non-hydrogen) atoms. The smallest absolute Gasteiger partial charge is 0.274 e. The van der Waals surface area contributed by atoms with Gasteiger partial charge in [0, 0.05) is 17.2 Å². The van der Waals surface area contributed by atoms with Crippen LogP contribution in [0.25, 0.3) is 0 Å².